The Labute approximate surface area is 145 Å². The molecule has 0 saturated carbocycles. The summed E-state index contributed by atoms with van der Waals surface area (Å²) in [7, 11) is -3.39. The van der Waals surface area contributed by atoms with Crippen molar-refractivity contribution >= 4 is 22.2 Å². The van der Waals surface area contributed by atoms with E-state index in [9.17, 15) is 12.8 Å². The average Bonchev–Trinajstić information content (AvgIpc) is 2.92. The molecule has 0 aliphatic carbocycles. The molecule has 2 N–H and O–H groups in total. The van der Waals surface area contributed by atoms with Crippen LogP contribution in [0.1, 0.15) is 5.69 Å². The fourth-order valence-electron chi connectivity index (χ4n) is 1.86. The van der Waals surface area contributed by atoms with Gasteiger partial charge >= 0.3 is 0 Å². The van der Waals surface area contributed by atoms with Crippen LogP contribution in [0, 0.1) is 0 Å². The van der Waals surface area contributed by atoms with Gasteiger partial charge in [0.25, 0.3) is 0 Å². The highest BCUT2D eigenvalue weighted by atomic mass is 35.5. The van der Waals surface area contributed by atoms with Gasteiger partial charge in [0.1, 0.15) is 28.8 Å². The zero-order valence-electron chi connectivity index (χ0n) is 12.9. The van der Waals surface area contributed by atoms with E-state index in [2.05, 4.69) is 10.3 Å². The van der Waals surface area contributed by atoms with Gasteiger partial charge in [-0.3, -0.25) is 0 Å². The first-order valence-corrected chi connectivity index (χ1v) is 8.65. The first-order chi connectivity index (χ1) is 10.9. The number of para-hydroxylation sites is 1. The lowest BCUT2D eigenvalue weighted by molar-refractivity contribution is 0.293. The first-order valence-electron chi connectivity index (χ1n) is 6.75. The molecule has 0 radical (unpaired) electrons. The molecule has 0 atom stereocenters. The maximum absolute atomic E-state index is 13.3. The molecule has 1 aromatic heterocycles. The summed E-state index contributed by atoms with van der Waals surface area (Å²) in [5, 5.41) is 7.62. The third kappa shape index (κ3) is 5.59. The van der Waals surface area contributed by atoms with Gasteiger partial charge in [-0.25, -0.2) is 17.5 Å². The van der Waals surface area contributed by atoms with E-state index in [-0.39, 0.29) is 42.7 Å². The number of nitrogens with two attached hydrogens (primary N) is 1. The molecule has 0 unspecified atom stereocenters. The minimum absolute atomic E-state index is 0. The van der Waals surface area contributed by atoms with Crippen molar-refractivity contribution < 1.29 is 17.5 Å². The highest BCUT2D eigenvalue weighted by Crippen LogP contribution is 2.23. The van der Waals surface area contributed by atoms with Crippen LogP contribution in [0.15, 0.2) is 47.3 Å². The third-order valence-corrected chi connectivity index (χ3v) is 4.00. The molecule has 7 nitrogen and oxygen atoms in total. The van der Waals surface area contributed by atoms with E-state index in [1.54, 1.807) is 18.2 Å². The van der Waals surface area contributed by atoms with E-state index in [0.717, 1.165) is 6.26 Å². The topological polar surface area (TPSA) is 100 Å². The Balaban J connectivity index is 0.00000288. The van der Waals surface area contributed by atoms with Crippen molar-refractivity contribution in [1.82, 2.24) is 15.0 Å². The molecule has 0 aliphatic rings. The third-order valence-electron chi connectivity index (χ3n) is 2.86. The SMILES string of the molecule is CS(=O)(=O)c1ccccc1OCc1cn(C/C(F)=C/CN)nn1.Cl. The minimum atomic E-state index is -3.39. The molecular weight excluding hydrogens is 359 g/mol. The minimum Gasteiger partial charge on any atom is -0.486 e. The van der Waals surface area contributed by atoms with Crippen LogP contribution in [0.25, 0.3) is 0 Å². The molecular formula is C14H18ClFN4O3S. The lowest BCUT2D eigenvalue weighted by Crippen LogP contribution is -2.03. The second-order valence-corrected chi connectivity index (χ2v) is 6.79. The molecule has 0 spiro atoms. The van der Waals surface area contributed by atoms with Crippen LogP contribution >= 0.6 is 12.4 Å². The summed E-state index contributed by atoms with van der Waals surface area (Å²) >= 11 is 0. The van der Waals surface area contributed by atoms with Crippen LogP contribution in [0.3, 0.4) is 0 Å². The number of nitrogens with zero attached hydrogens (tertiary/aromatic N) is 3. The molecule has 0 fully saturated rings. The molecule has 0 saturated heterocycles. The predicted octanol–water partition coefficient (Wildman–Crippen LogP) is 1.49. The van der Waals surface area contributed by atoms with Crippen molar-refractivity contribution in [3.05, 3.63) is 48.1 Å². The van der Waals surface area contributed by atoms with Gasteiger partial charge in [-0.05, 0) is 18.2 Å². The second-order valence-electron chi connectivity index (χ2n) is 4.80. The van der Waals surface area contributed by atoms with Crippen molar-refractivity contribution in [2.75, 3.05) is 12.8 Å². The van der Waals surface area contributed by atoms with Gasteiger partial charge in [0, 0.05) is 12.8 Å². The number of halogens is 2. The molecule has 0 aliphatic heterocycles. The summed E-state index contributed by atoms with van der Waals surface area (Å²) in [6.45, 7) is 0.0671. The molecule has 24 heavy (non-hydrogen) atoms. The fraction of sp³-hybridized carbons (Fsp3) is 0.286. The average molecular weight is 377 g/mol. The Bertz CT molecular complexity index is 808. The zero-order chi connectivity index (χ0) is 16.9. The van der Waals surface area contributed by atoms with E-state index in [1.165, 1.54) is 23.0 Å². The molecule has 10 heteroatoms. The summed E-state index contributed by atoms with van der Waals surface area (Å²) in [5.74, 6) is -0.175. The lowest BCUT2D eigenvalue weighted by Gasteiger charge is -2.08. The Morgan fingerprint density at radius 2 is 2.12 bits per heavy atom. The van der Waals surface area contributed by atoms with Crippen molar-refractivity contribution in [2.45, 2.75) is 18.0 Å². The van der Waals surface area contributed by atoms with Crippen LogP contribution in [0.2, 0.25) is 0 Å². The van der Waals surface area contributed by atoms with Gasteiger partial charge in [-0.1, -0.05) is 17.3 Å². The van der Waals surface area contributed by atoms with Gasteiger partial charge in [-0.15, -0.1) is 17.5 Å². The van der Waals surface area contributed by atoms with Crippen molar-refractivity contribution in [3.8, 4) is 5.75 Å². The van der Waals surface area contributed by atoms with Crippen LogP contribution in [0.5, 0.6) is 5.75 Å². The van der Waals surface area contributed by atoms with Gasteiger partial charge < -0.3 is 10.5 Å². The molecule has 2 aromatic rings. The normalized spacial score (nSPS) is 11.9. The highest BCUT2D eigenvalue weighted by molar-refractivity contribution is 7.90. The standard InChI is InChI=1S/C14H17FN4O3S.ClH/c1-23(20,21)14-5-3-2-4-13(14)22-10-12-9-19(18-17-12)8-11(15)6-7-16;/h2-6,9H,7-8,10,16H2,1H3;1H/b11-6-;. The number of benzene rings is 1. The maximum atomic E-state index is 13.3. The first kappa shape index (κ1) is 20.1. The Morgan fingerprint density at radius 1 is 1.42 bits per heavy atom. The molecule has 0 amide bonds. The van der Waals surface area contributed by atoms with E-state index in [1.807, 2.05) is 0 Å². The van der Waals surface area contributed by atoms with E-state index < -0.39 is 15.7 Å². The van der Waals surface area contributed by atoms with E-state index in [4.69, 9.17) is 10.5 Å². The summed E-state index contributed by atoms with van der Waals surface area (Å²) in [4.78, 5) is 0.101. The fourth-order valence-corrected chi connectivity index (χ4v) is 2.67. The summed E-state index contributed by atoms with van der Waals surface area (Å²) in [5.41, 5.74) is 5.67. The number of sulfone groups is 1. The van der Waals surface area contributed by atoms with Crippen molar-refractivity contribution in [2.24, 2.45) is 5.73 Å². The van der Waals surface area contributed by atoms with Gasteiger partial charge in [0.15, 0.2) is 9.84 Å². The van der Waals surface area contributed by atoms with Gasteiger partial charge in [0.05, 0.1) is 12.7 Å². The zero-order valence-corrected chi connectivity index (χ0v) is 14.6. The highest BCUT2D eigenvalue weighted by Gasteiger charge is 2.14. The summed E-state index contributed by atoms with van der Waals surface area (Å²) < 4.78 is 43.5. The maximum Gasteiger partial charge on any atom is 0.179 e. The smallest absolute Gasteiger partial charge is 0.179 e. The predicted molar refractivity (Wildman–Crippen MR) is 89.4 cm³/mol. The van der Waals surface area contributed by atoms with E-state index >= 15 is 0 Å². The van der Waals surface area contributed by atoms with Crippen LogP contribution in [0.4, 0.5) is 4.39 Å². The second kappa shape index (κ2) is 8.76. The van der Waals surface area contributed by atoms with Crippen molar-refractivity contribution in [1.29, 1.82) is 0 Å². The number of hydrogen-bond donors (Lipinski definition) is 1. The summed E-state index contributed by atoms with van der Waals surface area (Å²) in [6.07, 6.45) is 3.88. The van der Waals surface area contributed by atoms with Crippen molar-refractivity contribution in [3.63, 3.8) is 0 Å². The molecule has 0 bridgehead atoms. The quantitative estimate of drug-likeness (QED) is 0.785. The number of ether oxygens (including phenoxy) is 1. The molecule has 1 heterocycles. The number of hydrogen-bond acceptors (Lipinski definition) is 6. The lowest BCUT2D eigenvalue weighted by atomic mass is 10.3. The number of allylic oxidation sites excluding steroid dienone is 1. The van der Waals surface area contributed by atoms with Crippen LogP contribution in [-0.4, -0.2) is 36.2 Å². The largest absolute Gasteiger partial charge is 0.486 e. The number of rotatable bonds is 7. The Kier molecular flexibility index (Phi) is 7.33. The molecule has 1 aromatic carbocycles. The Morgan fingerprint density at radius 3 is 2.79 bits per heavy atom. The van der Waals surface area contributed by atoms with Crippen LogP contribution in [-0.2, 0) is 23.0 Å². The van der Waals surface area contributed by atoms with Crippen LogP contribution < -0.4 is 10.5 Å². The Hall–Kier alpha value is -1.97. The van der Waals surface area contributed by atoms with Gasteiger partial charge in [0.2, 0.25) is 0 Å². The summed E-state index contributed by atoms with van der Waals surface area (Å²) in [6, 6.07) is 6.32. The van der Waals surface area contributed by atoms with Gasteiger partial charge in [-0.2, -0.15) is 0 Å². The molecule has 2 rings (SSSR count). The number of aromatic nitrogens is 3. The van der Waals surface area contributed by atoms with E-state index in [0.29, 0.717) is 5.69 Å². The monoisotopic (exact) mass is 376 g/mol. The molecule has 132 valence electrons.